The molecule has 2 fully saturated rings. The lowest BCUT2D eigenvalue weighted by molar-refractivity contribution is 0.141. The molecule has 1 aromatic carbocycles. The van der Waals surface area contributed by atoms with Crippen molar-refractivity contribution in [3.05, 3.63) is 52.8 Å². The van der Waals surface area contributed by atoms with E-state index in [0.717, 1.165) is 23.7 Å². The van der Waals surface area contributed by atoms with Crippen LogP contribution in [0.3, 0.4) is 0 Å². The van der Waals surface area contributed by atoms with E-state index in [0.29, 0.717) is 12.7 Å². The van der Waals surface area contributed by atoms with Gasteiger partial charge in [-0.1, -0.05) is 43.2 Å². The third-order valence-electron chi connectivity index (χ3n) is 5.61. The van der Waals surface area contributed by atoms with Crippen molar-refractivity contribution in [2.24, 2.45) is 5.92 Å². The molecule has 1 atom stereocenters. The SMILES string of the molecule is O=c1ccc(-c2ccccc2)nn1CN1CCCC1C1CCCC1. The summed E-state index contributed by atoms with van der Waals surface area (Å²) in [5.41, 5.74) is 1.92. The van der Waals surface area contributed by atoms with Crippen LogP contribution in [0.15, 0.2) is 47.3 Å². The molecule has 4 nitrogen and oxygen atoms in total. The van der Waals surface area contributed by atoms with Gasteiger partial charge in [-0.2, -0.15) is 5.10 Å². The van der Waals surface area contributed by atoms with Crippen LogP contribution in [0.4, 0.5) is 0 Å². The highest BCUT2D eigenvalue weighted by Crippen LogP contribution is 2.35. The Labute approximate surface area is 143 Å². The Morgan fingerprint density at radius 3 is 2.54 bits per heavy atom. The average molecular weight is 323 g/mol. The van der Waals surface area contributed by atoms with Crippen LogP contribution in [0.5, 0.6) is 0 Å². The van der Waals surface area contributed by atoms with Crippen LogP contribution >= 0.6 is 0 Å². The monoisotopic (exact) mass is 323 g/mol. The molecule has 1 aliphatic heterocycles. The summed E-state index contributed by atoms with van der Waals surface area (Å²) in [6.07, 6.45) is 7.97. The second-order valence-electron chi connectivity index (χ2n) is 7.13. The van der Waals surface area contributed by atoms with Gasteiger partial charge in [-0.05, 0) is 37.7 Å². The quantitative estimate of drug-likeness (QED) is 0.864. The standard InChI is InChI=1S/C20H25N3O/c24-20-13-12-18(16-7-2-1-3-8-16)21-23(20)15-22-14-6-11-19(22)17-9-4-5-10-17/h1-3,7-8,12-13,17,19H,4-6,9-11,14-15H2. The minimum absolute atomic E-state index is 0.00764. The van der Waals surface area contributed by atoms with Gasteiger partial charge in [-0.15, -0.1) is 0 Å². The topological polar surface area (TPSA) is 38.1 Å². The van der Waals surface area contributed by atoms with Gasteiger partial charge in [0.05, 0.1) is 12.4 Å². The fraction of sp³-hybridized carbons (Fsp3) is 0.500. The fourth-order valence-corrected chi connectivity index (χ4v) is 4.39. The molecule has 2 aromatic rings. The second kappa shape index (κ2) is 6.89. The molecule has 126 valence electrons. The number of hydrogen-bond donors (Lipinski definition) is 0. The number of likely N-dealkylation sites (tertiary alicyclic amines) is 1. The number of nitrogens with zero attached hydrogens (tertiary/aromatic N) is 3. The lowest BCUT2D eigenvalue weighted by Crippen LogP contribution is -2.39. The molecule has 1 unspecified atom stereocenters. The van der Waals surface area contributed by atoms with Crippen LogP contribution in [0, 0.1) is 5.92 Å². The minimum atomic E-state index is -0.00764. The molecule has 1 saturated heterocycles. The zero-order valence-corrected chi connectivity index (χ0v) is 14.1. The Morgan fingerprint density at radius 1 is 0.958 bits per heavy atom. The molecule has 2 heterocycles. The molecule has 0 N–H and O–H groups in total. The van der Waals surface area contributed by atoms with Gasteiger partial charge in [0.1, 0.15) is 0 Å². The van der Waals surface area contributed by atoms with Crippen LogP contribution in [-0.4, -0.2) is 27.3 Å². The van der Waals surface area contributed by atoms with E-state index >= 15 is 0 Å². The molecule has 4 rings (SSSR count). The summed E-state index contributed by atoms with van der Waals surface area (Å²) in [6.45, 7) is 1.71. The smallest absolute Gasteiger partial charge is 0.268 e. The van der Waals surface area contributed by atoms with E-state index in [1.165, 1.54) is 38.5 Å². The summed E-state index contributed by atoms with van der Waals surface area (Å²) in [6, 6.07) is 14.2. The molecular weight excluding hydrogens is 298 g/mol. The van der Waals surface area contributed by atoms with Crippen molar-refractivity contribution in [3.63, 3.8) is 0 Å². The van der Waals surface area contributed by atoms with E-state index < -0.39 is 0 Å². The van der Waals surface area contributed by atoms with Gasteiger partial charge >= 0.3 is 0 Å². The third-order valence-corrected chi connectivity index (χ3v) is 5.61. The Hall–Kier alpha value is -1.94. The maximum absolute atomic E-state index is 12.3. The molecule has 0 spiro atoms. The first kappa shape index (κ1) is 15.6. The predicted octanol–water partition coefficient (Wildman–Crippen LogP) is 3.52. The molecule has 1 aliphatic carbocycles. The molecular formula is C20H25N3O. The van der Waals surface area contributed by atoms with Gasteiger partial charge in [-0.3, -0.25) is 9.69 Å². The lowest BCUT2D eigenvalue weighted by Gasteiger charge is -2.29. The molecule has 1 aromatic heterocycles. The van der Waals surface area contributed by atoms with Gasteiger partial charge in [0.15, 0.2) is 0 Å². The highest BCUT2D eigenvalue weighted by Gasteiger charge is 2.33. The van der Waals surface area contributed by atoms with Crippen LogP contribution < -0.4 is 5.56 Å². The van der Waals surface area contributed by atoms with Crippen molar-refractivity contribution in [3.8, 4) is 11.3 Å². The number of benzene rings is 1. The number of hydrogen-bond acceptors (Lipinski definition) is 3. The van der Waals surface area contributed by atoms with Crippen LogP contribution in [0.2, 0.25) is 0 Å². The molecule has 0 bridgehead atoms. The first-order valence-electron chi connectivity index (χ1n) is 9.19. The summed E-state index contributed by atoms with van der Waals surface area (Å²) < 4.78 is 1.65. The van der Waals surface area contributed by atoms with Gasteiger partial charge in [0.2, 0.25) is 0 Å². The fourth-order valence-electron chi connectivity index (χ4n) is 4.39. The summed E-state index contributed by atoms with van der Waals surface area (Å²) in [7, 11) is 0. The van der Waals surface area contributed by atoms with Gasteiger partial charge < -0.3 is 0 Å². The normalized spacial score (nSPS) is 22.2. The maximum atomic E-state index is 12.3. The summed E-state index contributed by atoms with van der Waals surface area (Å²) in [4.78, 5) is 14.8. The van der Waals surface area contributed by atoms with Crippen molar-refractivity contribution < 1.29 is 0 Å². The highest BCUT2D eigenvalue weighted by molar-refractivity contribution is 5.57. The van der Waals surface area contributed by atoms with E-state index in [2.05, 4.69) is 10.00 Å². The third kappa shape index (κ3) is 3.16. The largest absolute Gasteiger partial charge is 0.281 e. The number of aromatic nitrogens is 2. The molecule has 4 heteroatoms. The highest BCUT2D eigenvalue weighted by atomic mass is 16.1. The zero-order chi connectivity index (χ0) is 16.4. The molecule has 0 amide bonds. The van der Waals surface area contributed by atoms with E-state index in [1.807, 2.05) is 36.4 Å². The predicted molar refractivity (Wildman–Crippen MR) is 95.6 cm³/mol. The van der Waals surface area contributed by atoms with Gasteiger partial charge in [0.25, 0.3) is 5.56 Å². The van der Waals surface area contributed by atoms with E-state index in [9.17, 15) is 4.79 Å². The summed E-state index contributed by atoms with van der Waals surface area (Å²) >= 11 is 0. The van der Waals surface area contributed by atoms with Crippen molar-refractivity contribution in [1.29, 1.82) is 0 Å². The van der Waals surface area contributed by atoms with Crippen molar-refractivity contribution >= 4 is 0 Å². The first-order chi connectivity index (χ1) is 11.8. The first-order valence-corrected chi connectivity index (χ1v) is 9.19. The Balaban J connectivity index is 1.56. The Bertz CT molecular complexity index is 734. The zero-order valence-electron chi connectivity index (χ0n) is 14.1. The second-order valence-corrected chi connectivity index (χ2v) is 7.13. The van der Waals surface area contributed by atoms with E-state index in [-0.39, 0.29) is 5.56 Å². The van der Waals surface area contributed by atoms with Crippen LogP contribution in [-0.2, 0) is 6.67 Å². The van der Waals surface area contributed by atoms with Crippen LogP contribution in [0.25, 0.3) is 11.3 Å². The molecule has 1 saturated carbocycles. The number of rotatable bonds is 4. The Kier molecular flexibility index (Phi) is 4.48. The summed E-state index contributed by atoms with van der Waals surface area (Å²) in [5.74, 6) is 0.820. The van der Waals surface area contributed by atoms with E-state index in [1.54, 1.807) is 10.7 Å². The molecule has 2 aliphatic rings. The maximum Gasteiger partial charge on any atom is 0.268 e. The van der Waals surface area contributed by atoms with Gasteiger partial charge in [0, 0.05) is 24.2 Å². The minimum Gasteiger partial charge on any atom is -0.281 e. The van der Waals surface area contributed by atoms with E-state index in [4.69, 9.17) is 0 Å². The van der Waals surface area contributed by atoms with Crippen LogP contribution in [0.1, 0.15) is 38.5 Å². The van der Waals surface area contributed by atoms with Crippen molar-refractivity contribution in [2.45, 2.75) is 51.2 Å². The Morgan fingerprint density at radius 2 is 1.75 bits per heavy atom. The molecule has 24 heavy (non-hydrogen) atoms. The average Bonchev–Trinajstić information content (AvgIpc) is 3.29. The van der Waals surface area contributed by atoms with Crippen molar-refractivity contribution in [2.75, 3.05) is 6.54 Å². The molecule has 0 radical (unpaired) electrons. The van der Waals surface area contributed by atoms with Crippen molar-refractivity contribution in [1.82, 2.24) is 14.7 Å². The summed E-state index contributed by atoms with van der Waals surface area (Å²) in [5, 5.41) is 4.63. The van der Waals surface area contributed by atoms with Gasteiger partial charge in [-0.25, -0.2) is 4.68 Å². The lowest BCUT2D eigenvalue weighted by atomic mass is 9.96.